The summed E-state index contributed by atoms with van der Waals surface area (Å²) in [7, 11) is 0. The Kier molecular flexibility index (Phi) is 18.3. The van der Waals surface area contributed by atoms with Gasteiger partial charge < -0.3 is 0 Å². The van der Waals surface area contributed by atoms with E-state index in [1.54, 1.807) is 0 Å². The van der Waals surface area contributed by atoms with Gasteiger partial charge in [0.2, 0.25) is 0 Å². The Morgan fingerprint density at radius 1 is 0.577 bits per heavy atom. The minimum atomic E-state index is 0. The van der Waals surface area contributed by atoms with E-state index in [1.807, 2.05) is 96.1 Å². The van der Waals surface area contributed by atoms with E-state index >= 15 is 0 Å². The van der Waals surface area contributed by atoms with Gasteiger partial charge in [-0.3, -0.25) is 4.99 Å². The second-order valence-corrected chi connectivity index (χ2v) is 5.32. The van der Waals surface area contributed by atoms with Gasteiger partial charge in [0, 0.05) is 18.1 Å². The van der Waals surface area contributed by atoms with Crippen LogP contribution in [0.15, 0.2) is 4.99 Å². The van der Waals surface area contributed by atoms with Gasteiger partial charge in [-0.2, -0.15) is 0 Å². The quantitative estimate of drug-likeness (QED) is 0.473. The molecule has 3 heteroatoms. The molecule has 4 fully saturated rings. The average molecular weight is 425 g/mol. The topological polar surface area (TPSA) is 12.4 Å². The predicted octanol–water partition coefficient (Wildman–Crippen LogP) is 4.29. The molecule has 1 nitrogen and oxygen atoms in total. The van der Waals surface area contributed by atoms with E-state index in [0.717, 1.165) is 0 Å². The molecule has 20 radical (unpaired) electrons. The predicted molar refractivity (Wildman–Crippen MR) is 102 cm³/mol. The zero-order valence-corrected chi connectivity index (χ0v) is 16.9. The Hall–Kier alpha value is 0.709. The first-order valence-corrected chi connectivity index (χ1v) is 8.16. The molecule has 0 aromatic rings. The van der Waals surface area contributed by atoms with E-state index in [4.69, 9.17) is 0 Å². The van der Waals surface area contributed by atoms with Crippen LogP contribution in [0, 0.1) is 127 Å². The summed E-state index contributed by atoms with van der Waals surface area (Å²) in [6.45, 7) is 2.11. The molecule has 0 amide bonds. The number of aliphatic imine (C=N–C) groups is 1. The fourth-order valence-corrected chi connectivity index (χ4v) is 2.07. The third kappa shape index (κ3) is 12.2. The van der Waals surface area contributed by atoms with Crippen LogP contribution < -0.4 is 0 Å². The first kappa shape index (κ1) is 26.7. The van der Waals surface area contributed by atoms with Crippen molar-refractivity contribution in [2.24, 2.45) is 4.99 Å². The first-order chi connectivity index (χ1) is 11.9. The van der Waals surface area contributed by atoms with Crippen LogP contribution in [0.4, 0.5) is 0 Å². The van der Waals surface area contributed by atoms with Gasteiger partial charge in [-0.05, 0) is 122 Å². The van der Waals surface area contributed by atoms with Crippen molar-refractivity contribution in [3.63, 3.8) is 0 Å². The van der Waals surface area contributed by atoms with Gasteiger partial charge in [0.15, 0.2) is 0 Å². The summed E-state index contributed by atoms with van der Waals surface area (Å²) in [6.07, 6.45) is 38.4. The van der Waals surface area contributed by atoms with Crippen molar-refractivity contribution in [2.45, 2.75) is 13.0 Å². The molecule has 132 valence electrons. The third-order valence-corrected chi connectivity index (χ3v) is 3.42. The maximum atomic E-state index is 4.48. The summed E-state index contributed by atoms with van der Waals surface area (Å²) in [6, 6.07) is 0.250. The molecule has 4 rings (SSSR count). The second-order valence-electron chi connectivity index (χ2n) is 5.32. The largest absolute Gasteiger partial charge is 2.00 e. The van der Waals surface area contributed by atoms with Gasteiger partial charge in [-0.1, -0.05) is 0 Å². The fourth-order valence-electron chi connectivity index (χ4n) is 2.07. The van der Waals surface area contributed by atoms with Crippen molar-refractivity contribution < 1.29 is 34.1 Å². The van der Waals surface area contributed by atoms with Gasteiger partial charge in [0.25, 0.3) is 0 Å². The van der Waals surface area contributed by atoms with Crippen molar-refractivity contribution in [3.05, 3.63) is 127 Å². The summed E-state index contributed by atoms with van der Waals surface area (Å²) in [4.78, 5) is 4.48. The summed E-state index contributed by atoms with van der Waals surface area (Å²) < 4.78 is 0. The third-order valence-electron chi connectivity index (χ3n) is 3.42. The molecule has 0 aliphatic heterocycles. The van der Waals surface area contributed by atoms with E-state index in [2.05, 4.69) is 37.6 Å². The molecule has 26 heavy (non-hydrogen) atoms. The summed E-state index contributed by atoms with van der Waals surface area (Å²) in [5.74, 6) is 2.44. The molecule has 0 heterocycles. The first-order valence-electron chi connectivity index (χ1n) is 8.16. The molecule has 0 aromatic carbocycles. The molecule has 0 unspecified atom stereocenters. The average Bonchev–Trinajstić information content (AvgIpc) is 3.42. The van der Waals surface area contributed by atoms with E-state index in [1.165, 1.54) is 11.8 Å². The van der Waals surface area contributed by atoms with Crippen molar-refractivity contribution in [3.8, 4) is 0 Å². The van der Waals surface area contributed by atoms with E-state index in [0.29, 0.717) is 0 Å². The number of nitrogens with zero attached hydrogens (tertiary/aromatic N) is 1. The van der Waals surface area contributed by atoms with Crippen LogP contribution in [0.25, 0.3) is 0 Å². The molecule has 1 atom stereocenters. The van der Waals surface area contributed by atoms with E-state index in [-0.39, 0.29) is 40.2 Å². The Labute approximate surface area is 185 Å². The van der Waals surface area contributed by atoms with Gasteiger partial charge >= 0.3 is 34.1 Å². The Balaban J connectivity index is 0.000000432. The standard InChI is InChI=1S/C13H13N.2C5H5.2Fe/c1-11(13-8-4-5-9-13)14-10-12-6-2-3-7-12;2*1-2-4-5-3-1;;/h2-11H,1H3;2*1-5H;;/q;;;2*+2/t11-;;;;/m0..../s1. The van der Waals surface area contributed by atoms with Gasteiger partial charge in [-0.15, -0.1) is 0 Å². The molecule has 0 N–H and O–H groups in total. The second kappa shape index (κ2) is 17.8. The smallest absolute Gasteiger partial charge is 0.293 e. The Morgan fingerprint density at radius 2 is 0.923 bits per heavy atom. The van der Waals surface area contributed by atoms with Crippen molar-refractivity contribution in [2.75, 3.05) is 0 Å². The molecule has 0 bridgehead atoms. The molecule has 0 saturated heterocycles. The normalized spacial score (nSPS) is 24.2. The molecule has 4 aliphatic carbocycles. The maximum absolute atomic E-state index is 4.48. The SMILES string of the molecule is C[C@H](N=C[C]1[CH][CH][CH][CH]1)[C]1[CH][CH][CH][CH]1.[CH]1[CH][CH][CH][CH]1.[CH]1[CH][CH][CH][CH]1.[Fe+2].[Fe+2]. The van der Waals surface area contributed by atoms with Crippen LogP contribution in [0.1, 0.15) is 6.92 Å². The number of rotatable bonds is 3. The molecule has 0 aromatic heterocycles. The van der Waals surface area contributed by atoms with Crippen LogP contribution in [0.2, 0.25) is 0 Å². The van der Waals surface area contributed by atoms with Crippen molar-refractivity contribution >= 4 is 6.21 Å². The van der Waals surface area contributed by atoms with Gasteiger partial charge in [0.05, 0.1) is 6.04 Å². The maximum Gasteiger partial charge on any atom is 2.00 e. The molecular formula is C23H23Fe2N+4. The van der Waals surface area contributed by atoms with E-state index in [9.17, 15) is 0 Å². The van der Waals surface area contributed by atoms with Crippen molar-refractivity contribution in [1.82, 2.24) is 0 Å². The van der Waals surface area contributed by atoms with E-state index < -0.39 is 0 Å². The fraction of sp³-hybridized carbons (Fsp3) is 0.0870. The van der Waals surface area contributed by atoms with Gasteiger partial charge in [-0.25, -0.2) is 0 Å². The molecule has 0 spiro atoms. The van der Waals surface area contributed by atoms with Crippen LogP contribution in [0.5, 0.6) is 0 Å². The zero-order chi connectivity index (χ0) is 16.9. The van der Waals surface area contributed by atoms with Gasteiger partial charge in [0.1, 0.15) is 0 Å². The van der Waals surface area contributed by atoms with Crippen LogP contribution >= 0.6 is 0 Å². The molecule has 4 saturated carbocycles. The zero-order valence-electron chi connectivity index (χ0n) is 14.7. The van der Waals surface area contributed by atoms with Crippen LogP contribution in [0.3, 0.4) is 0 Å². The number of hydrogen-bond acceptors (Lipinski definition) is 1. The summed E-state index contributed by atoms with van der Waals surface area (Å²) >= 11 is 0. The summed E-state index contributed by atoms with van der Waals surface area (Å²) in [5, 5.41) is 0. The number of hydrogen-bond donors (Lipinski definition) is 0. The minimum Gasteiger partial charge on any atom is -0.293 e. The Morgan fingerprint density at radius 3 is 1.31 bits per heavy atom. The monoisotopic (exact) mass is 425 g/mol. The summed E-state index contributed by atoms with van der Waals surface area (Å²) in [5.41, 5.74) is 0. The molecule has 4 aliphatic rings. The van der Waals surface area contributed by atoms with Crippen LogP contribution in [-0.2, 0) is 34.1 Å². The van der Waals surface area contributed by atoms with Crippen LogP contribution in [-0.4, -0.2) is 12.3 Å². The molecular weight excluding hydrogens is 402 g/mol. The Bertz CT molecular complexity index is 287. The van der Waals surface area contributed by atoms with Crippen molar-refractivity contribution in [1.29, 1.82) is 0 Å². The minimum absolute atomic E-state index is 0.